The lowest BCUT2D eigenvalue weighted by atomic mass is 9.69. The number of aromatic amines is 1. The number of para-hydroxylation sites is 1. The van der Waals surface area contributed by atoms with Crippen molar-refractivity contribution in [3.8, 4) is 0 Å². The Balaban J connectivity index is 1.34. The normalized spacial score (nSPS) is 35.4. The van der Waals surface area contributed by atoms with Gasteiger partial charge in [-0.25, -0.2) is 0 Å². The van der Waals surface area contributed by atoms with Crippen LogP contribution >= 0.6 is 34.4 Å². The third kappa shape index (κ3) is 2.36. The lowest BCUT2D eigenvalue weighted by Crippen LogP contribution is -2.42. The van der Waals surface area contributed by atoms with Crippen LogP contribution in [0.1, 0.15) is 22.1 Å². The first-order valence-corrected chi connectivity index (χ1v) is 13.1. The van der Waals surface area contributed by atoms with Gasteiger partial charge in [0.05, 0.1) is 22.5 Å². The lowest BCUT2D eigenvalue weighted by molar-refractivity contribution is -0.123. The number of carbonyl (C=O) groups is 2. The third-order valence-electron chi connectivity index (χ3n) is 7.59. The minimum atomic E-state index is -0.237. The second-order valence-electron chi connectivity index (χ2n) is 8.82. The van der Waals surface area contributed by atoms with Crippen molar-refractivity contribution in [1.29, 1.82) is 0 Å². The minimum absolute atomic E-state index is 0.0195. The smallest absolute Gasteiger partial charge is 0.305 e. The number of amides is 2. The highest BCUT2D eigenvalue weighted by molar-refractivity contribution is 8.00. The SMILES string of the molecule is O=C1[C@H]2[C@H]3C[C@@H]([C@@H]2C(=O)N1c1ccccc1)[C@H]1[C@H](c2cccs2)c2sc(=O)[nH]c2S[C@H]31. The van der Waals surface area contributed by atoms with Gasteiger partial charge >= 0.3 is 4.87 Å². The second kappa shape index (κ2) is 6.43. The molecule has 2 aliphatic carbocycles. The van der Waals surface area contributed by atoms with Crippen LogP contribution < -0.4 is 9.77 Å². The number of anilines is 1. The summed E-state index contributed by atoms with van der Waals surface area (Å²) in [7, 11) is 0. The third-order valence-corrected chi connectivity index (χ3v) is 11.1. The number of imide groups is 1. The van der Waals surface area contributed by atoms with E-state index in [9.17, 15) is 14.4 Å². The van der Waals surface area contributed by atoms with E-state index < -0.39 is 0 Å². The maximum atomic E-state index is 13.6. The number of fused-ring (bicyclic) bond motifs is 9. The fourth-order valence-electron chi connectivity index (χ4n) is 6.64. The number of nitrogens with one attached hydrogen (secondary N) is 1. The van der Waals surface area contributed by atoms with Gasteiger partial charge in [-0.3, -0.25) is 19.3 Å². The molecule has 2 bridgehead atoms. The van der Waals surface area contributed by atoms with E-state index in [1.807, 2.05) is 30.3 Å². The summed E-state index contributed by atoms with van der Waals surface area (Å²) in [5.41, 5.74) is 0.681. The zero-order chi connectivity index (χ0) is 20.9. The molecule has 1 saturated heterocycles. The summed E-state index contributed by atoms with van der Waals surface area (Å²) in [6.07, 6.45) is 0.929. The molecule has 7 atom stereocenters. The fraction of sp³-hybridized carbons (Fsp3) is 0.348. The van der Waals surface area contributed by atoms with Crippen LogP contribution in [0.15, 0.2) is 57.7 Å². The molecular weight excluding hydrogens is 448 g/mol. The molecule has 2 saturated carbocycles. The molecule has 0 spiro atoms. The van der Waals surface area contributed by atoms with Crippen LogP contribution in [0, 0.1) is 29.6 Å². The monoisotopic (exact) mass is 466 g/mol. The van der Waals surface area contributed by atoms with E-state index in [1.54, 1.807) is 23.1 Å². The summed E-state index contributed by atoms with van der Waals surface area (Å²) >= 11 is 4.77. The first kappa shape index (κ1) is 18.4. The van der Waals surface area contributed by atoms with E-state index in [-0.39, 0.29) is 57.4 Å². The minimum Gasteiger partial charge on any atom is -0.307 e. The van der Waals surface area contributed by atoms with Crippen LogP contribution in [0.4, 0.5) is 5.69 Å². The van der Waals surface area contributed by atoms with Gasteiger partial charge < -0.3 is 4.98 Å². The molecule has 3 fully saturated rings. The largest absolute Gasteiger partial charge is 0.307 e. The van der Waals surface area contributed by atoms with Crippen LogP contribution in [-0.4, -0.2) is 22.0 Å². The maximum Gasteiger partial charge on any atom is 0.305 e. The Morgan fingerprint density at radius 1 is 0.935 bits per heavy atom. The molecule has 2 amide bonds. The van der Waals surface area contributed by atoms with Gasteiger partial charge in [-0.2, -0.15) is 0 Å². The van der Waals surface area contributed by atoms with E-state index in [1.165, 1.54) is 21.1 Å². The number of nitrogens with zero attached hydrogens (tertiary/aromatic N) is 1. The number of thioether (sulfide) groups is 1. The summed E-state index contributed by atoms with van der Waals surface area (Å²) < 4.78 is 0. The summed E-state index contributed by atoms with van der Waals surface area (Å²) in [5.74, 6) is 0.224. The first-order valence-electron chi connectivity index (χ1n) is 10.5. The van der Waals surface area contributed by atoms with Crippen molar-refractivity contribution in [1.82, 2.24) is 4.98 Å². The standard InChI is InChI=1S/C23H18N2O3S3/c26-21-15-11-9-12(16(15)22(27)25(21)10-5-2-1-3-6-10)18-14(11)17(13-7-4-8-29-13)19-20(30-18)24-23(28)31-19/h1-8,11-12,14-18H,9H2,(H,24,28)/t11-,12-,14+,15+,16+,17+,18-/m1/s1. The quantitative estimate of drug-likeness (QED) is 0.576. The molecule has 7 rings (SSSR count). The van der Waals surface area contributed by atoms with Crippen molar-refractivity contribution >= 4 is 51.9 Å². The number of aromatic nitrogens is 1. The van der Waals surface area contributed by atoms with Gasteiger partial charge in [-0.05, 0) is 47.8 Å². The molecule has 156 valence electrons. The van der Waals surface area contributed by atoms with Crippen molar-refractivity contribution in [2.75, 3.05) is 4.90 Å². The Kier molecular flexibility index (Phi) is 3.82. The first-order chi connectivity index (χ1) is 15.1. The van der Waals surface area contributed by atoms with Crippen molar-refractivity contribution in [3.05, 3.63) is 67.3 Å². The zero-order valence-electron chi connectivity index (χ0n) is 16.3. The maximum absolute atomic E-state index is 13.6. The molecule has 4 heterocycles. The van der Waals surface area contributed by atoms with Gasteiger partial charge in [0, 0.05) is 20.9 Å². The number of carbonyl (C=O) groups excluding carboxylic acids is 2. The highest BCUT2D eigenvalue weighted by Gasteiger charge is 2.69. The van der Waals surface area contributed by atoms with Crippen molar-refractivity contribution < 1.29 is 9.59 Å². The summed E-state index contributed by atoms with van der Waals surface area (Å²) in [5, 5.41) is 3.30. The Morgan fingerprint density at radius 3 is 2.45 bits per heavy atom. The molecule has 2 aliphatic heterocycles. The molecule has 5 nitrogen and oxygen atoms in total. The van der Waals surface area contributed by atoms with E-state index in [2.05, 4.69) is 22.5 Å². The van der Waals surface area contributed by atoms with E-state index in [4.69, 9.17) is 0 Å². The number of H-pyrrole nitrogens is 1. The topological polar surface area (TPSA) is 70.2 Å². The average molecular weight is 467 g/mol. The Bertz CT molecular complexity index is 1260. The second-order valence-corrected chi connectivity index (χ2v) is 12.0. The summed E-state index contributed by atoms with van der Waals surface area (Å²) in [4.78, 5) is 46.1. The van der Waals surface area contributed by atoms with Gasteiger partial charge in [-0.15, -0.1) is 23.1 Å². The van der Waals surface area contributed by atoms with E-state index in [0.29, 0.717) is 5.69 Å². The Labute approximate surface area is 190 Å². The number of hydrogen-bond acceptors (Lipinski definition) is 6. The van der Waals surface area contributed by atoms with Gasteiger partial charge in [-0.1, -0.05) is 35.6 Å². The van der Waals surface area contributed by atoms with Crippen LogP contribution in [0.3, 0.4) is 0 Å². The molecule has 1 aromatic carbocycles. The zero-order valence-corrected chi connectivity index (χ0v) is 18.7. The molecule has 0 unspecified atom stereocenters. The molecule has 2 aromatic heterocycles. The predicted octanol–water partition coefficient (Wildman–Crippen LogP) is 4.18. The number of rotatable bonds is 2. The Morgan fingerprint density at radius 2 is 1.71 bits per heavy atom. The van der Waals surface area contributed by atoms with E-state index >= 15 is 0 Å². The van der Waals surface area contributed by atoms with E-state index in [0.717, 1.165) is 16.3 Å². The molecule has 3 aromatic rings. The molecule has 31 heavy (non-hydrogen) atoms. The fourth-order valence-corrected chi connectivity index (χ4v) is 10.5. The number of hydrogen-bond donors (Lipinski definition) is 1. The highest BCUT2D eigenvalue weighted by Crippen LogP contribution is 2.68. The summed E-state index contributed by atoms with van der Waals surface area (Å²) in [6, 6.07) is 13.5. The van der Waals surface area contributed by atoms with Crippen LogP contribution in [0.5, 0.6) is 0 Å². The van der Waals surface area contributed by atoms with Crippen LogP contribution in [0.25, 0.3) is 0 Å². The molecule has 4 aliphatic rings. The van der Waals surface area contributed by atoms with Gasteiger partial charge in [0.2, 0.25) is 11.8 Å². The number of thiophene rings is 1. The van der Waals surface area contributed by atoms with Gasteiger partial charge in [0.1, 0.15) is 0 Å². The number of thiazole rings is 1. The van der Waals surface area contributed by atoms with Crippen LogP contribution in [-0.2, 0) is 9.59 Å². The van der Waals surface area contributed by atoms with Crippen LogP contribution in [0.2, 0.25) is 0 Å². The van der Waals surface area contributed by atoms with Gasteiger partial charge in [0.25, 0.3) is 0 Å². The van der Waals surface area contributed by atoms with Crippen molar-refractivity contribution in [3.63, 3.8) is 0 Å². The van der Waals surface area contributed by atoms with Crippen molar-refractivity contribution in [2.24, 2.45) is 29.6 Å². The lowest BCUT2D eigenvalue weighted by Gasteiger charge is -2.42. The molecular formula is C23H18N2O3S3. The average Bonchev–Trinajstić information content (AvgIpc) is 3.56. The van der Waals surface area contributed by atoms with Gasteiger partial charge in [0.15, 0.2) is 0 Å². The number of benzene rings is 1. The molecule has 1 N–H and O–H groups in total. The highest BCUT2D eigenvalue weighted by atomic mass is 32.2. The summed E-state index contributed by atoms with van der Waals surface area (Å²) in [6.45, 7) is 0. The van der Waals surface area contributed by atoms with Crippen molar-refractivity contribution in [2.45, 2.75) is 22.6 Å². The molecule has 0 radical (unpaired) electrons. The predicted molar refractivity (Wildman–Crippen MR) is 122 cm³/mol. The molecule has 8 heteroatoms. The Hall–Kier alpha value is -2.16.